The molecule has 1 aliphatic heterocycles. The summed E-state index contributed by atoms with van der Waals surface area (Å²) in [5.74, 6) is 3.01. The zero-order valence-electron chi connectivity index (χ0n) is 15.1. The van der Waals surface area contributed by atoms with Crippen LogP contribution >= 0.6 is 35.7 Å². The Hall–Kier alpha value is -0.470. The van der Waals surface area contributed by atoms with E-state index in [2.05, 4.69) is 64.5 Å². The van der Waals surface area contributed by atoms with E-state index < -0.39 is 0 Å². The molecule has 1 heterocycles. The van der Waals surface area contributed by atoms with Crippen molar-refractivity contribution in [1.29, 1.82) is 0 Å². The smallest absolute Gasteiger partial charge is 0.193 e. The molecule has 1 aromatic carbocycles. The van der Waals surface area contributed by atoms with E-state index in [9.17, 15) is 0 Å². The number of benzene rings is 1. The second kappa shape index (κ2) is 12.0. The van der Waals surface area contributed by atoms with E-state index in [4.69, 9.17) is 0 Å². The first kappa shape index (κ1) is 21.6. The van der Waals surface area contributed by atoms with Crippen LogP contribution in [0, 0.1) is 5.92 Å². The normalized spacial score (nSPS) is 17.9. The number of hydrogen-bond donors (Lipinski definition) is 1. The van der Waals surface area contributed by atoms with Gasteiger partial charge in [0.1, 0.15) is 0 Å². The largest absolute Gasteiger partial charge is 0.356 e. The van der Waals surface area contributed by atoms with E-state index in [0.29, 0.717) is 0 Å². The Bertz CT molecular complexity index is 481. The number of nitrogens with one attached hydrogen (secondary N) is 1. The van der Waals surface area contributed by atoms with E-state index in [1.54, 1.807) is 0 Å². The third kappa shape index (κ3) is 7.61. The summed E-state index contributed by atoms with van der Waals surface area (Å²) >= 11 is 1.97. The Morgan fingerprint density at radius 2 is 2.08 bits per heavy atom. The highest BCUT2D eigenvalue weighted by atomic mass is 127. The first-order valence-electron chi connectivity index (χ1n) is 8.47. The zero-order valence-corrected chi connectivity index (χ0v) is 18.2. The topological polar surface area (TPSA) is 30.9 Å². The van der Waals surface area contributed by atoms with Gasteiger partial charge in [-0.3, -0.25) is 4.99 Å². The highest BCUT2D eigenvalue weighted by molar-refractivity contribution is 14.0. The molecule has 6 heteroatoms. The van der Waals surface area contributed by atoms with Gasteiger partial charge in [0.2, 0.25) is 0 Å². The number of thioether (sulfide) groups is 1. The molecule has 0 amide bonds. The third-order valence-electron chi connectivity index (χ3n) is 4.09. The number of aliphatic imine (C=N–C) groups is 1. The summed E-state index contributed by atoms with van der Waals surface area (Å²) in [5.41, 5.74) is 0. The van der Waals surface area contributed by atoms with Crippen LogP contribution in [0.1, 0.15) is 12.8 Å². The predicted octanol–water partition coefficient (Wildman–Crippen LogP) is 3.25. The Kier molecular flexibility index (Phi) is 10.8. The highest BCUT2D eigenvalue weighted by Gasteiger charge is 2.24. The lowest BCUT2D eigenvalue weighted by Gasteiger charge is -2.22. The van der Waals surface area contributed by atoms with Crippen molar-refractivity contribution in [1.82, 2.24) is 15.1 Å². The molecule has 0 bridgehead atoms. The van der Waals surface area contributed by atoms with Gasteiger partial charge in [0.15, 0.2) is 5.96 Å². The zero-order chi connectivity index (χ0) is 16.5. The number of guanidine groups is 1. The first-order valence-corrected chi connectivity index (χ1v) is 9.45. The standard InChI is InChI=1S/C18H30N4S.HI/c1-19-18(20-11-7-12-21(2)3)22-13-10-16(14-22)15-23-17-8-5-4-6-9-17;/h4-6,8-9,16H,7,10-15H2,1-3H3,(H,19,20);1H. The molecule has 4 nitrogen and oxygen atoms in total. The maximum Gasteiger partial charge on any atom is 0.193 e. The van der Waals surface area contributed by atoms with Crippen molar-refractivity contribution < 1.29 is 0 Å². The van der Waals surface area contributed by atoms with Crippen molar-refractivity contribution >= 4 is 41.7 Å². The van der Waals surface area contributed by atoms with Crippen LogP contribution in [-0.4, -0.2) is 68.8 Å². The molecule has 1 aromatic rings. The number of hydrogen-bond acceptors (Lipinski definition) is 3. The molecule has 1 N–H and O–H groups in total. The lowest BCUT2D eigenvalue weighted by molar-refractivity contribution is 0.396. The number of nitrogens with zero attached hydrogens (tertiary/aromatic N) is 3. The molecule has 2 rings (SSSR count). The molecule has 1 atom stereocenters. The molecule has 0 saturated carbocycles. The van der Waals surface area contributed by atoms with E-state index in [0.717, 1.165) is 44.5 Å². The summed E-state index contributed by atoms with van der Waals surface area (Å²) in [7, 11) is 6.12. The van der Waals surface area contributed by atoms with Gasteiger partial charge in [0, 0.05) is 37.3 Å². The molecule has 24 heavy (non-hydrogen) atoms. The van der Waals surface area contributed by atoms with Gasteiger partial charge in [-0.05, 0) is 51.5 Å². The summed E-state index contributed by atoms with van der Waals surface area (Å²) in [6.07, 6.45) is 2.41. The van der Waals surface area contributed by atoms with Crippen LogP contribution in [0.2, 0.25) is 0 Å². The highest BCUT2D eigenvalue weighted by Crippen LogP contribution is 2.25. The van der Waals surface area contributed by atoms with E-state index in [-0.39, 0.29) is 24.0 Å². The molecule has 1 unspecified atom stereocenters. The van der Waals surface area contributed by atoms with Gasteiger partial charge >= 0.3 is 0 Å². The first-order chi connectivity index (χ1) is 11.2. The quantitative estimate of drug-likeness (QED) is 0.222. The SMILES string of the molecule is CN=C(NCCCN(C)C)N1CCC(CSc2ccccc2)C1.I. The maximum absolute atomic E-state index is 4.45. The summed E-state index contributed by atoms with van der Waals surface area (Å²) in [6.45, 7) is 4.34. The van der Waals surface area contributed by atoms with E-state index >= 15 is 0 Å². The Morgan fingerprint density at radius 1 is 1.33 bits per heavy atom. The van der Waals surface area contributed by atoms with Crippen molar-refractivity contribution in [2.45, 2.75) is 17.7 Å². The number of likely N-dealkylation sites (tertiary alicyclic amines) is 1. The van der Waals surface area contributed by atoms with Gasteiger partial charge in [-0.15, -0.1) is 35.7 Å². The van der Waals surface area contributed by atoms with E-state index in [1.165, 1.54) is 17.1 Å². The molecule has 0 spiro atoms. The summed E-state index contributed by atoms with van der Waals surface area (Å²) in [4.78, 5) is 10.5. The minimum atomic E-state index is 0. The van der Waals surface area contributed by atoms with Crippen molar-refractivity contribution in [3.8, 4) is 0 Å². The molecule has 0 aromatic heterocycles. The van der Waals surface area contributed by atoms with E-state index in [1.807, 2.05) is 18.8 Å². The second-order valence-corrected chi connectivity index (χ2v) is 7.45. The van der Waals surface area contributed by atoms with Gasteiger partial charge in [-0.1, -0.05) is 18.2 Å². The van der Waals surface area contributed by atoms with Crippen LogP contribution in [0.25, 0.3) is 0 Å². The van der Waals surface area contributed by atoms with Gasteiger partial charge in [-0.25, -0.2) is 0 Å². The van der Waals surface area contributed by atoms with Crippen molar-refractivity contribution in [3.05, 3.63) is 30.3 Å². The molecule has 1 aliphatic rings. The van der Waals surface area contributed by atoms with Crippen molar-refractivity contribution in [2.75, 3.05) is 53.1 Å². The Morgan fingerprint density at radius 3 is 2.75 bits per heavy atom. The molecule has 0 radical (unpaired) electrons. The van der Waals surface area contributed by atoms with Gasteiger partial charge < -0.3 is 15.1 Å². The average Bonchev–Trinajstić information content (AvgIpc) is 3.02. The Labute approximate surface area is 168 Å². The fourth-order valence-electron chi connectivity index (χ4n) is 2.82. The molecule has 1 fully saturated rings. The Balaban J connectivity index is 0.00000288. The maximum atomic E-state index is 4.45. The number of halogens is 1. The van der Waals surface area contributed by atoms with Crippen LogP contribution in [-0.2, 0) is 0 Å². The molecule has 1 saturated heterocycles. The average molecular weight is 462 g/mol. The summed E-state index contributed by atoms with van der Waals surface area (Å²) < 4.78 is 0. The monoisotopic (exact) mass is 462 g/mol. The fraction of sp³-hybridized carbons (Fsp3) is 0.611. The van der Waals surface area contributed by atoms with Crippen molar-refractivity contribution in [3.63, 3.8) is 0 Å². The number of rotatable bonds is 7. The minimum Gasteiger partial charge on any atom is -0.356 e. The summed E-state index contributed by atoms with van der Waals surface area (Å²) in [5, 5.41) is 3.50. The van der Waals surface area contributed by atoms with Crippen LogP contribution in [0.4, 0.5) is 0 Å². The fourth-order valence-corrected chi connectivity index (χ4v) is 3.87. The van der Waals surface area contributed by atoms with Crippen LogP contribution in [0.5, 0.6) is 0 Å². The van der Waals surface area contributed by atoms with Crippen LogP contribution < -0.4 is 5.32 Å². The molecular weight excluding hydrogens is 431 g/mol. The lowest BCUT2D eigenvalue weighted by atomic mass is 10.2. The molecular formula is C18H31IN4S. The minimum absolute atomic E-state index is 0. The van der Waals surface area contributed by atoms with Gasteiger partial charge in [-0.2, -0.15) is 0 Å². The van der Waals surface area contributed by atoms with Crippen LogP contribution in [0.3, 0.4) is 0 Å². The second-order valence-electron chi connectivity index (χ2n) is 6.36. The van der Waals surface area contributed by atoms with Crippen molar-refractivity contribution in [2.24, 2.45) is 10.9 Å². The lowest BCUT2D eigenvalue weighted by Crippen LogP contribution is -2.41. The van der Waals surface area contributed by atoms with Gasteiger partial charge in [0.05, 0.1) is 0 Å². The van der Waals surface area contributed by atoms with Gasteiger partial charge in [0.25, 0.3) is 0 Å². The molecule has 0 aliphatic carbocycles. The summed E-state index contributed by atoms with van der Waals surface area (Å²) in [6, 6.07) is 10.7. The predicted molar refractivity (Wildman–Crippen MR) is 117 cm³/mol. The third-order valence-corrected chi connectivity index (χ3v) is 5.33. The molecule has 136 valence electrons. The van der Waals surface area contributed by atoms with Crippen LogP contribution in [0.15, 0.2) is 40.2 Å².